The van der Waals surface area contributed by atoms with Crippen LogP contribution >= 0.6 is 23.2 Å². The van der Waals surface area contributed by atoms with Crippen molar-refractivity contribution < 1.29 is 37.0 Å². The molecule has 3 heterocycles. The van der Waals surface area contributed by atoms with E-state index in [2.05, 4.69) is 9.97 Å². The molecule has 40 heavy (non-hydrogen) atoms. The lowest BCUT2D eigenvalue weighted by Crippen LogP contribution is -2.43. The highest BCUT2D eigenvalue weighted by molar-refractivity contribution is 6.31. The van der Waals surface area contributed by atoms with E-state index in [-0.39, 0.29) is 34.0 Å². The molecule has 214 valence electrons. The largest absolute Gasteiger partial charge is 0.465 e. The van der Waals surface area contributed by atoms with Crippen LogP contribution in [0.3, 0.4) is 0 Å². The lowest BCUT2D eigenvalue weighted by Gasteiger charge is -2.29. The average molecular weight is 604 g/mol. The molecule has 0 radical (unpaired) electrons. The molecule has 0 saturated carbocycles. The Morgan fingerprint density at radius 1 is 1.15 bits per heavy atom. The van der Waals surface area contributed by atoms with Crippen LogP contribution in [0.15, 0.2) is 36.5 Å². The summed E-state index contributed by atoms with van der Waals surface area (Å²) in [6.07, 6.45) is -5.25. The number of aryl methyl sites for hydroxylation is 1. The molecule has 1 aromatic carbocycles. The highest BCUT2D eigenvalue weighted by Gasteiger charge is 2.53. The van der Waals surface area contributed by atoms with Crippen molar-refractivity contribution in [3.8, 4) is 5.69 Å². The number of hydrogen-bond donors (Lipinski definition) is 1. The molecule has 0 aliphatic carbocycles. The molecule has 0 spiro atoms. The molecule has 1 aliphatic heterocycles. The molecule has 3 aromatic rings. The number of imidazole rings is 1. The first kappa shape index (κ1) is 29.6. The summed E-state index contributed by atoms with van der Waals surface area (Å²) >= 11 is 12.4. The van der Waals surface area contributed by atoms with Crippen molar-refractivity contribution in [3.63, 3.8) is 0 Å². The third-order valence-electron chi connectivity index (χ3n) is 5.97. The highest BCUT2D eigenvalue weighted by atomic mass is 35.5. The predicted octanol–water partition coefficient (Wildman–Crippen LogP) is 6.89. The first-order valence-corrected chi connectivity index (χ1v) is 12.5. The van der Waals surface area contributed by atoms with Crippen molar-refractivity contribution in [1.82, 2.24) is 19.4 Å². The third kappa shape index (κ3) is 5.72. The van der Waals surface area contributed by atoms with E-state index in [4.69, 9.17) is 27.9 Å². The van der Waals surface area contributed by atoms with Crippen LogP contribution in [0, 0.1) is 12.7 Å². The molecule has 1 saturated heterocycles. The average Bonchev–Trinajstić information content (AvgIpc) is 3.34. The molecule has 1 N–H and O–H groups in total. The van der Waals surface area contributed by atoms with Crippen molar-refractivity contribution >= 4 is 41.1 Å². The molecule has 4 rings (SSSR count). The number of halogens is 6. The second kappa shape index (κ2) is 10.5. The quantitative estimate of drug-likeness (QED) is 0.319. The lowest BCUT2D eigenvalue weighted by atomic mass is 10.1. The van der Waals surface area contributed by atoms with Crippen molar-refractivity contribution in [3.05, 3.63) is 69.6 Å². The normalized spacial score (nSPS) is 18.1. The van der Waals surface area contributed by atoms with E-state index in [9.17, 15) is 32.3 Å². The molecule has 9 nitrogen and oxygen atoms in total. The van der Waals surface area contributed by atoms with Crippen LogP contribution in [0.5, 0.6) is 0 Å². The maximum atomic E-state index is 13.9. The zero-order chi connectivity index (χ0) is 29.7. The second-order valence-electron chi connectivity index (χ2n) is 9.97. The van der Waals surface area contributed by atoms with Gasteiger partial charge in [0.2, 0.25) is 0 Å². The van der Waals surface area contributed by atoms with Gasteiger partial charge in [-0.25, -0.2) is 28.8 Å². The number of ether oxygens (including phenoxy) is 1. The van der Waals surface area contributed by atoms with Gasteiger partial charge >= 0.3 is 18.3 Å². The van der Waals surface area contributed by atoms with Gasteiger partial charge in [0.15, 0.2) is 0 Å². The number of nitrogens with zero attached hydrogens (tertiary/aromatic N) is 5. The van der Waals surface area contributed by atoms with Gasteiger partial charge in [-0.3, -0.25) is 9.47 Å². The number of carbonyl (C=O) groups excluding carboxylic acids is 1. The Kier molecular flexibility index (Phi) is 7.78. The molecular weight excluding hydrogens is 581 g/mol. The van der Waals surface area contributed by atoms with E-state index in [0.717, 1.165) is 17.0 Å². The van der Waals surface area contributed by atoms with Crippen LogP contribution in [0.2, 0.25) is 10.2 Å². The van der Waals surface area contributed by atoms with E-state index < -0.39 is 53.2 Å². The van der Waals surface area contributed by atoms with Crippen LogP contribution in [0.1, 0.15) is 43.9 Å². The number of urea groups is 1. The molecule has 0 bridgehead atoms. The number of amides is 3. The molecule has 1 fully saturated rings. The van der Waals surface area contributed by atoms with Crippen LogP contribution < -0.4 is 4.90 Å². The van der Waals surface area contributed by atoms with E-state index in [1.165, 1.54) is 29.8 Å². The van der Waals surface area contributed by atoms with Gasteiger partial charge in [0.25, 0.3) is 0 Å². The number of alkyl halides is 3. The number of benzene rings is 1. The lowest BCUT2D eigenvalue weighted by molar-refractivity contribution is -0.137. The van der Waals surface area contributed by atoms with Crippen molar-refractivity contribution in [1.29, 1.82) is 0 Å². The Morgan fingerprint density at radius 2 is 1.82 bits per heavy atom. The van der Waals surface area contributed by atoms with Crippen molar-refractivity contribution in [2.75, 3.05) is 11.5 Å². The second-order valence-corrected chi connectivity index (χ2v) is 10.8. The maximum absolute atomic E-state index is 13.9. The minimum atomic E-state index is -4.78. The fourth-order valence-corrected chi connectivity index (χ4v) is 4.72. The Bertz CT molecular complexity index is 1470. The van der Waals surface area contributed by atoms with E-state index in [1.807, 2.05) is 0 Å². The first-order valence-electron chi connectivity index (χ1n) is 11.7. The summed E-state index contributed by atoms with van der Waals surface area (Å²) in [6, 6.07) is 1.21. The van der Waals surface area contributed by atoms with Gasteiger partial charge in [0, 0.05) is 11.4 Å². The number of anilines is 1. The van der Waals surface area contributed by atoms with Crippen LogP contribution in [-0.2, 0) is 10.9 Å². The Labute approximate surface area is 235 Å². The zero-order valence-corrected chi connectivity index (χ0v) is 23.0. The van der Waals surface area contributed by atoms with E-state index in [1.54, 1.807) is 20.8 Å². The summed E-state index contributed by atoms with van der Waals surface area (Å²) in [5, 5.41) is 9.73. The van der Waals surface area contributed by atoms with Gasteiger partial charge in [0.05, 0.1) is 35.0 Å². The number of carbonyl (C=O) groups is 2. The molecule has 15 heteroatoms. The predicted molar refractivity (Wildman–Crippen MR) is 137 cm³/mol. The molecular formula is C25H23Cl2F4N5O4. The fraction of sp³-hybridized carbons (Fsp3) is 0.360. The summed E-state index contributed by atoms with van der Waals surface area (Å²) in [7, 11) is 0. The van der Waals surface area contributed by atoms with E-state index >= 15 is 0 Å². The first-order chi connectivity index (χ1) is 18.5. The third-order valence-corrected chi connectivity index (χ3v) is 6.52. The minimum absolute atomic E-state index is 0.0254. The Hall–Kier alpha value is -3.42. The van der Waals surface area contributed by atoms with Crippen LogP contribution in [0.4, 0.5) is 33.0 Å². The number of aromatic nitrogens is 3. The number of pyridine rings is 1. The topological polar surface area (TPSA) is 101 Å². The maximum Gasteiger partial charge on any atom is 0.416 e. The van der Waals surface area contributed by atoms with Gasteiger partial charge in [-0.2, -0.15) is 13.2 Å². The molecule has 3 amide bonds. The van der Waals surface area contributed by atoms with Crippen LogP contribution in [-0.4, -0.2) is 54.9 Å². The highest BCUT2D eigenvalue weighted by Crippen LogP contribution is 2.42. The molecule has 2 atom stereocenters. The standard InChI is InChI=1S/C25H23Cl2F4N5O4/c1-12-7-13(25(29,30)31)8-19(33-12)36-20(17(11-40-24(2,3)4)35(22(36)37)23(38)39)21-32-10-18(27)34(21)14-5-6-16(28)15(26)9-14/h5-10,17,20H,11H2,1-4H3,(H,38,39). The summed E-state index contributed by atoms with van der Waals surface area (Å²) in [5.41, 5.74) is -1.74. The number of imide groups is 1. The SMILES string of the molecule is Cc1cc(C(F)(F)F)cc(N2C(=O)N(C(=O)O)C(COC(C)(C)C)C2c2ncc(Cl)n2-c2ccc(F)c(Cl)c2)n1. The monoisotopic (exact) mass is 603 g/mol. The molecule has 2 aromatic heterocycles. The number of rotatable bonds is 5. The van der Waals surface area contributed by atoms with Gasteiger partial charge in [0.1, 0.15) is 28.7 Å². The van der Waals surface area contributed by atoms with Crippen LogP contribution in [0.25, 0.3) is 5.69 Å². The van der Waals surface area contributed by atoms with Crippen molar-refractivity contribution in [2.45, 2.75) is 51.6 Å². The Balaban J connectivity index is 1.99. The summed E-state index contributed by atoms with van der Waals surface area (Å²) in [4.78, 5) is 35.7. The number of hydrogen-bond acceptors (Lipinski definition) is 5. The molecule has 2 unspecified atom stereocenters. The van der Waals surface area contributed by atoms with E-state index in [0.29, 0.717) is 11.0 Å². The van der Waals surface area contributed by atoms with Gasteiger partial charge in [-0.15, -0.1) is 0 Å². The minimum Gasteiger partial charge on any atom is -0.465 e. The number of carboxylic acid groups (broad SMARTS) is 1. The summed E-state index contributed by atoms with van der Waals surface area (Å²) < 4.78 is 62.2. The summed E-state index contributed by atoms with van der Waals surface area (Å²) in [5.74, 6) is -1.24. The van der Waals surface area contributed by atoms with Crippen molar-refractivity contribution in [2.24, 2.45) is 0 Å². The van der Waals surface area contributed by atoms with Gasteiger partial charge in [-0.05, 0) is 58.0 Å². The zero-order valence-electron chi connectivity index (χ0n) is 21.5. The Morgan fingerprint density at radius 3 is 2.40 bits per heavy atom. The van der Waals surface area contributed by atoms with Gasteiger partial charge < -0.3 is 9.84 Å². The molecule has 1 aliphatic rings. The van der Waals surface area contributed by atoms with Gasteiger partial charge in [-0.1, -0.05) is 23.2 Å². The summed E-state index contributed by atoms with van der Waals surface area (Å²) in [6.45, 7) is 6.07. The smallest absolute Gasteiger partial charge is 0.416 e. The fourth-order valence-electron chi connectivity index (χ4n) is 4.31.